The smallest absolute Gasteiger partial charge is 0.264 e. The molecule has 3 aromatic carbocycles. The highest BCUT2D eigenvalue weighted by Crippen LogP contribution is 2.24. The maximum Gasteiger partial charge on any atom is 0.264 e. The van der Waals surface area contributed by atoms with E-state index in [0.29, 0.717) is 22.7 Å². The van der Waals surface area contributed by atoms with Crippen molar-refractivity contribution in [2.45, 2.75) is 11.8 Å². The highest BCUT2D eigenvalue weighted by Gasteiger charge is 2.27. The van der Waals surface area contributed by atoms with Crippen molar-refractivity contribution in [2.75, 3.05) is 25.1 Å². The van der Waals surface area contributed by atoms with E-state index in [9.17, 15) is 13.2 Å². The van der Waals surface area contributed by atoms with Crippen LogP contribution in [0.4, 0.5) is 5.69 Å². The lowest BCUT2D eigenvalue weighted by molar-refractivity contribution is -0.119. The van der Waals surface area contributed by atoms with Gasteiger partial charge in [0.25, 0.3) is 15.9 Å². The molecule has 0 atom stereocenters. The second kappa shape index (κ2) is 10.6. The molecule has 0 fully saturated rings. The number of hydrogen-bond donors (Lipinski definition) is 1. The van der Waals surface area contributed by atoms with E-state index in [2.05, 4.69) is 10.5 Å². The van der Waals surface area contributed by atoms with Crippen molar-refractivity contribution in [3.63, 3.8) is 0 Å². The van der Waals surface area contributed by atoms with E-state index in [0.717, 1.165) is 9.87 Å². The maximum atomic E-state index is 13.3. The third kappa shape index (κ3) is 5.89. The molecule has 0 aliphatic rings. The van der Waals surface area contributed by atoms with Crippen LogP contribution in [-0.4, -0.2) is 41.3 Å². The minimum atomic E-state index is -3.97. The Hall–Kier alpha value is -3.85. The molecule has 3 aromatic rings. The summed E-state index contributed by atoms with van der Waals surface area (Å²) in [6, 6.07) is 20.0. The summed E-state index contributed by atoms with van der Waals surface area (Å²) in [5.74, 6) is 0.540. The number of nitrogens with zero attached hydrogens (tertiary/aromatic N) is 2. The van der Waals surface area contributed by atoms with E-state index in [1.807, 2.05) is 6.92 Å². The minimum Gasteiger partial charge on any atom is -0.497 e. The molecule has 0 heterocycles. The molecule has 33 heavy (non-hydrogen) atoms. The van der Waals surface area contributed by atoms with Gasteiger partial charge in [0.1, 0.15) is 18.0 Å². The molecule has 1 N–H and O–H groups in total. The Morgan fingerprint density at radius 3 is 2.33 bits per heavy atom. The first kappa shape index (κ1) is 23.8. The lowest BCUT2D eigenvalue weighted by Crippen LogP contribution is -2.39. The molecule has 9 heteroatoms. The number of amides is 1. The number of hydrazone groups is 1. The van der Waals surface area contributed by atoms with E-state index >= 15 is 0 Å². The van der Waals surface area contributed by atoms with Gasteiger partial charge in [0, 0.05) is 5.56 Å². The Morgan fingerprint density at radius 2 is 1.70 bits per heavy atom. The van der Waals surface area contributed by atoms with Crippen LogP contribution in [0.15, 0.2) is 82.8 Å². The SMILES string of the molecule is COc1ccc(OC)c(/C=N\NC(=O)CN(c2ccc(C)cc2)S(=O)(=O)c2ccccc2)c1. The fraction of sp³-hybridized carbons (Fsp3) is 0.167. The summed E-state index contributed by atoms with van der Waals surface area (Å²) in [6.45, 7) is 1.45. The lowest BCUT2D eigenvalue weighted by atomic mass is 10.2. The average Bonchev–Trinajstić information content (AvgIpc) is 2.83. The molecule has 3 rings (SSSR count). The van der Waals surface area contributed by atoms with Crippen molar-refractivity contribution in [3.05, 3.63) is 83.9 Å². The van der Waals surface area contributed by atoms with Gasteiger partial charge in [-0.3, -0.25) is 9.10 Å². The predicted molar refractivity (Wildman–Crippen MR) is 127 cm³/mol. The number of sulfonamides is 1. The molecule has 0 aromatic heterocycles. The van der Waals surface area contributed by atoms with E-state index < -0.39 is 22.5 Å². The zero-order chi connectivity index (χ0) is 23.8. The predicted octanol–water partition coefficient (Wildman–Crippen LogP) is 3.36. The number of carbonyl (C=O) groups excluding carboxylic acids is 1. The Kier molecular flexibility index (Phi) is 7.68. The van der Waals surface area contributed by atoms with Gasteiger partial charge >= 0.3 is 0 Å². The van der Waals surface area contributed by atoms with E-state index in [4.69, 9.17) is 9.47 Å². The summed E-state index contributed by atoms with van der Waals surface area (Å²) < 4.78 is 38.1. The topological polar surface area (TPSA) is 97.3 Å². The molecule has 0 saturated carbocycles. The number of aryl methyl sites for hydroxylation is 1. The van der Waals surface area contributed by atoms with Crippen LogP contribution in [0.1, 0.15) is 11.1 Å². The zero-order valence-electron chi connectivity index (χ0n) is 18.6. The van der Waals surface area contributed by atoms with E-state index in [1.165, 1.54) is 32.6 Å². The molecule has 0 spiro atoms. The normalized spacial score (nSPS) is 11.2. The van der Waals surface area contributed by atoms with Gasteiger partial charge in [0.2, 0.25) is 0 Å². The molecule has 0 radical (unpaired) electrons. The summed E-state index contributed by atoms with van der Waals surface area (Å²) in [5, 5.41) is 3.96. The maximum absolute atomic E-state index is 13.3. The molecule has 0 aliphatic heterocycles. The van der Waals surface area contributed by atoms with Crippen LogP contribution in [0, 0.1) is 6.92 Å². The Morgan fingerprint density at radius 1 is 1.00 bits per heavy atom. The lowest BCUT2D eigenvalue weighted by Gasteiger charge is -2.23. The number of rotatable bonds is 9. The number of benzene rings is 3. The molecule has 1 amide bonds. The number of ether oxygens (including phenoxy) is 2. The van der Waals surface area contributed by atoms with Crippen molar-refractivity contribution in [1.29, 1.82) is 0 Å². The Balaban J connectivity index is 1.83. The molecular formula is C24H25N3O5S. The summed E-state index contributed by atoms with van der Waals surface area (Å²) in [5.41, 5.74) is 4.31. The van der Waals surface area contributed by atoms with E-state index in [-0.39, 0.29) is 4.90 Å². The van der Waals surface area contributed by atoms with Gasteiger partial charge in [-0.25, -0.2) is 13.8 Å². The van der Waals surface area contributed by atoms with Crippen LogP contribution < -0.4 is 19.2 Å². The minimum absolute atomic E-state index is 0.0861. The standard InChI is InChI=1S/C24H25N3O5S/c1-18-9-11-20(12-10-18)27(33(29,30)22-7-5-4-6-8-22)17-24(28)26-25-16-19-15-21(31-2)13-14-23(19)32-3/h4-16H,17H2,1-3H3,(H,26,28)/b25-16-. The molecule has 8 nitrogen and oxygen atoms in total. The number of methoxy groups -OCH3 is 2. The third-order valence-corrected chi connectivity index (χ3v) is 6.56. The van der Waals surface area contributed by atoms with Crippen molar-refractivity contribution in [1.82, 2.24) is 5.43 Å². The van der Waals surface area contributed by atoms with Gasteiger partial charge in [-0.2, -0.15) is 5.10 Å². The molecule has 0 unspecified atom stereocenters. The van der Waals surface area contributed by atoms with Crippen molar-refractivity contribution in [2.24, 2.45) is 5.10 Å². The molecule has 0 aliphatic carbocycles. The highest BCUT2D eigenvalue weighted by molar-refractivity contribution is 7.92. The zero-order valence-corrected chi connectivity index (χ0v) is 19.4. The Labute approximate surface area is 193 Å². The van der Waals surface area contributed by atoms with E-state index in [1.54, 1.807) is 60.7 Å². The van der Waals surface area contributed by atoms with Crippen molar-refractivity contribution in [3.8, 4) is 11.5 Å². The summed E-state index contributed by atoms with van der Waals surface area (Å²) in [4.78, 5) is 12.7. The second-order valence-electron chi connectivity index (χ2n) is 7.06. The number of anilines is 1. The molecule has 172 valence electrons. The fourth-order valence-corrected chi connectivity index (χ4v) is 4.47. The quantitative estimate of drug-likeness (QED) is 0.384. The van der Waals surface area contributed by atoms with Crippen LogP contribution >= 0.6 is 0 Å². The first-order valence-electron chi connectivity index (χ1n) is 10.0. The van der Waals surface area contributed by atoms with Crippen LogP contribution in [0.5, 0.6) is 11.5 Å². The van der Waals surface area contributed by atoms with Gasteiger partial charge in [0.15, 0.2) is 0 Å². The number of nitrogens with one attached hydrogen (secondary N) is 1. The second-order valence-corrected chi connectivity index (χ2v) is 8.92. The summed E-state index contributed by atoms with van der Waals surface area (Å²) in [7, 11) is -0.916. The largest absolute Gasteiger partial charge is 0.497 e. The first-order valence-corrected chi connectivity index (χ1v) is 11.5. The number of carbonyl (C=O) groups is 1. The van der Waals surface area contributed by atoms with Gasteiger partial charge in [-0.15, -0.1) is 0 Å². The Bertz CT molecular complexity index is 1230. The molecular weight excluding hydrogens is 442 g/mol. The monoisotopic (exact) mass is 467 g/mol. The summed E-state index contributed by atoms with van der Waals surface area (Å²) in [6.07, 6.45) is 1.40. The molecule has 0 saturated heterocycles. The fourth-order valence-electron chi connectivity index (χ4n) is 3.03. The summed E-state index contributed by atoms with van der Waals surface area (Å²) >= 11 is 0. The average molecular weight is 468 g/mol. The van der Waals surface area contributed by atoms with Crippen molar-refractivity contribution >= 4 is 27.8 Å². The van der Waals surface area contributed by atoms with Gasteiger partial charge in [0.05, 0.1) is 31.0 Å². The van der Waals surface area contributed by atoms with Crippen LogP contribution in [0.3, 0.4) is 0 Å². The molecule has 0 bridgehead atoms. The van der Waals surface area contributed by atoms with Gasteiger partial charge < -0.3 is 9.47 Å². The van der Waals surface area contributed by atoms with Crippen LogP contribution in [-0.2, 0) is 14.8 Å². The van der Waals surface area contributed by atoms with Gasteiger partial charge in [-0.1, -0.05) is 35.9 Å². The number of hydrogen-bond acceptors (Lipinski definition) is 6. The third-order valence-electron chi connectivity index (χ3n) is 4.77. The van der Waals surface area contributed by atoms with Crippen LogP contribution in [0.25, 0.3) is 0 Å². The van der Waals surface area contributed by atoms with Crippen molar-refractivity contribution < 1.29 is 22.7 Å². The van der Waals surface area contributed by atoms with Gasteiger partial charge in [-0.05, 0) is 49.4 Å². The first-order chi connectivity index (χ1) is 15.8. The highest BCUT2D eigenvalue weighted by atomic mass is 32.2. The van der Waals surface area contributed by atoms with Crippen LogP contribution in [0.2, 0.25) is 0 Å².